The molecule has 0 aromatic carbocycles. The molecular weight excluding hydrogens is 132 g/mol. The van der Waals surface area contributed by atoms with Crippen LogP contribution in [-0.4, -0.2) is 18.7 Å². The standard InChI is InChI=1S/C3H7ClO2Si/c1-2-3(4)7(5)6/h3,5H,2H2,1H3. The van der Waals surface area contributed by atoms with Gasteiger partial charge in [-0.3, -0.25) is 0 Å². The minimum atomic E-state index is -2.45. The minimum absolute atomic E-state index is 0.523. The summed E-state index contributed by atoms with van der Waals surface area (Å²) in [5.41, 5.74) is 0. The zero-order valence-electron chi connectivity index (χ0n) is 4.02. The average Bonchev–Trinajstić information content (AvgIpc) is 1.65. The SMILES string of the molecule is CCC(Cl)[Si](=O)O. The first-order valence-electron chi connectivity index (χ1n) is 2.05. The third kappa shape index (κ3) is 2.76. The molecule has 0 fully saturated rings. The van der Waals surface area contributed by atoms with Crippen molar-refractivity contribution in [1.82, 2.24) is 0 Å². The first-order chi connectivity index (χ1) is 3.18. The van der Waals surface area contributed by atoms with Crippen molar-refractivity contribution in [2.24, 2.45) is 0 Å². The highest BCUT2D eigenvalue weighted by Crippen LogP contribution is 1.97. The summed E-state index contributed by atoms with van der Waals surface area (Å²) in [5, 5.41) is -0.523. The summed E-state index contributed by atoms with van der Waals surface area (Å²) in [7, 11) is -2.45. The number of hydrogen-bond acceptors (Lipinski definition) is 1. The molecule has 1 atom stereocenters. The summed E-state index contributed by atoms with van der Waals surface area (Å²) in [6.07, 6.45) is 0.565. The lowest BCUT2D eigenvalue weighted by Gasteiger charge is -1.91. The topological polar surface area (TPSA) is 37.3 Å². The molecule has 0 radical (unpaired) electrons. The summed E-state index contributed by atoms with van der Waals surface area (Å²) in [6.45, 7) is 1.77. The molecule has 4 heteroatoms. The fourth-order valence-electron chi connectivity index (χ4n) is 0.175. The summed E-state index contributed by atoms with van der Waals surface area (Å²) in [6, 6.07) is 0. The van der Waals surface area contributed by atoms with E-state index in [2.05, 4.69) is 0 Å². The van der Waals surface area contributed by atoms with E-state index in [4.69, 9.17) is 16.4 Å². The van der Waals surface area contributed by atoms with Crippen LogP contribution in [0.25, 0.3) is 0 Å². The molecule has 0 saturated heterocycles. The highest BCUT2D eigenvalue weighted by Gasteiger charge is 2.13. The van der Waals surface area contributed by atoms with Crippen LogP contribution in [-0.2, 0) is 4.46 Å². The molecule has 0 aliphatic heterocycles. The summed E-state index contributed by atoms with van der Waals surface area (Å²) < 4.78 is 9.98. The first-order valence-corrected chi connectivity index (χ1v) is 3.92. The molecule has 0 saturated carbocycles. The Bertz CT molecular complexity index is 75.3. The van der Waals surface area contributed by atoms with Gasteiger partial charge < -0.3 is 9.26 Å². The number of halogens is 1. The van der Waals surface area contributed by atoms with Crippen molar-refractivity contribution < 1.29 is 9.26 Å². The maximum atomic E-state index is 9.98. The Balaban J connectivity index is 3.34. The van der Waals surface area contributed by atoms with Gasteiger partial charge in [-0.05, 0) is 6.42 Å². The highest BCUT2D eigenvalue weighted by atomic mass is 35.5. The monoisotopic (exact) mass is 138 g/mol. The van der Waals surface area contributed by atoms with Gasteiger partial charge in [0.15, 0.2) is 0 Å². The predicted octanol–water partition coefficient (Wildman–Crippen LogP) is 0.454. The first kappa shape index (κ1) is 7.11. The van der Waals surface area contributed by atoms with Gasteiger partial charge in [0.25, 0.3) is 0 Å². The van der Waals surface area contributed by atoms with Gasteiger partial charge in [0.05, 0.1) is 0 Å². The maximum absolute atomic E-state index is 9.98. The van der Waals surface area contributed by atoms with Crippen LogP contribution in [0.3, 0.4) is 0 Å². The van der Waals surface area contributed by atoms with E-state index in [-0.39, 0.29) is 0 Å². The number of alkyl halides is 1. The Morgan fingerprint density at radius 2 is 2.43 bits per heavy atom. The van der Waals surface area contributed by atoms with Crippen LogP contribution in [0.1, 0.15) is 13.3 Å². The van der Waals surface area contributed by atoms with Crippen molar-refractivity contribution in [2.45, 2.75) is 18.3 Å². The fraction of sp³-hybridized carbons (Fsp3) is 1.00. The molecule has 0 rings (SSSR count). The molecule has 0 amide bonds. The van der Waals surface area contributed by atoms with Gasteiger partial charge in [-0.25, -0.2) is 0 Å². The quantitative estimate of drug-likeness (QED) is 0.445. The van der Waals surface area contributed by atoms with E-state index in [0.29, 0.717) is 6.42 Å². The van der Waals surface area contributed by atoms with Gasteiger partial charge >= 0.3 is 8.93 Å². The smallest absolute Gasteiger partial charge is 0.519 e. The molecule has 0 aliphatic carbocycles. The van der Waals surface area contributed by atoms with E-state index in [0.717, 1.165) is 0 Å². The van der Waals surface area contributed by atoms with Gasteiger partial charge in [-0.2, -0.15) is 0 Å². The average molecular weight is 139 g/mol. The van der Waals surface area contributed by atoms with Crippen LogP contribution in [0.4, 0.5) is 0 Å². The minimum Gasteiger partial charge on any atom is -0.539 e. The summed E-state index contributed by atoms with van der Waals surface area (Å²) in [5.74, 6) is 0. The van der Waals surface area contributed by atoms with Crippen molar-refractivity contribution in [1.29, 1.82) is 0 Å². The molecule has 0 spiro atoms. The second-order valence-electron chi connectivity index (χ2n) is 1.21. The molecule has 0 aromatic rings. The largest absolute Gasteiger partial charge is 0.539 e. The van der Waals surface area contributed by atoms with E-state index < -0.39 is 13.9 Å². The fourth-order valence-corrected chi connectivity index (χ4v) is 0.524. The highest BCUT2D eigenvalue weighted by molar-refractivity contribution is 6.52. The molecule has 1 N–H and O–H groups in total. The lowest BCUT2D eigenvalue weighted by Crippen LogP contribution is -2.14. The van der Waals surface area contributed by atoms with Crippen LogP contribution >= 0.6 is 11.6 Å². The van der Waals surface area contributed by atoms with Gasteiger partial charge in [0, 0.05) is 0 Å². The van der Waals surface area contributed by atoms with E-state index >= 15 is 0 Å². The number of hydrogen-bond donors (Lipinski definition) is 1. The van der Waals surface area contributed by atoms with E-state index in [1.165, 1.54) is 0 Å². The van der Waals surface area contributed by atoms with Crippen molar-refractivity contribution in [3.8, 4) is 0 Å². The zero-order chi connectivity index (χ0) is 5.86. The third-order valence-electron chi connectivity index (χ3n) is 0.626. The molecular formula is C3H7ClO2Si. The Hall–Kier alpha value is 0.107. The zero-order valence-corrected chi connectivity index (χ0v) is 5.77. The molecule has 7 heavy (non-hydrogen) atoms. The second kappa shape index (κ2) is 3.15. The van der Waals surface area contributed by atoms with Crippen molar-refractivity contribution in [2.75, 3.05) is 0 Å². The Labute approximate surface area is 48.9 Å². The second-order valence-corrected chi connectivity index (χ2v) is 3.48. The Kier molecular flexibility index (Phi) is 3.20. The van der Waals surface area contributed by atoms with Gasteiger partial charge in [0.1, 0.15) is 5.00 Å². The summed E-state index contributed by atoms with van der Waals surface area (Å²) in [4.78, 5) is 8.24. The molecule has 2 nitrogen and oxygen atoms in total. The van der Waals surface area contributed by atoms with Crippen LogP contribution in [0.5, 0.6) is 0 Å². The number of rotatable bonds is 2. The normalized spacial score (nSPS) is 13.4. The van der Waals surface area contributed by atoms with Crippen LogP contribution < -0.4 is 0 Å². The van der Waals surface area contributed by atoms with Crippen molar-refractivity contribution >= 4 is 20.5 Å². The van der Waals surface area contributed by atoms with Crippen molar-refractivity contribution in [3.63, 3.8) is 0 Å². The van der Waals surface area contributed by atoms with Gasteiger partial charge in [-0.15, -0.1) is 11.6 Å². The lowest BCUT2D eigenvalue weighted by atomic mass is 10.6. The van der Waals surface area contributed by atoms with E-state index in [9.17, 15) is 4.46 Å². The molecule has 1 unspecified atom stereocenters. The molecule has 0 heterocycles. The third-order valence-corrected chi connectivity index (χ3v) is 2.44. The van der Waals surface area contributed by atoms with Gasteiger partial charge in [0.2, 0.25) is 0 Å². The Morgan fingerprint density at radius 1 is 2.00 bits per heavy atom. The van der Waals surface area contributed by atoms with Crippen LogP contribution in [0.2, 0.25) is 0 Å². The van der Waals surface area contributed by atoms with Gasteiger partial charge in [-0.1, -0.05) is 6.92 Å². The molecule has 0 bridgehead atoms. The maximum Gasteiger partial charge on any atom is 0.519 e. The van der Waals surface area contributed by atoms with E-state index in [1.54, 1.807) is 6.92 Å². The van der Waals surface area contributed by atoms with E-state index in [1.807, 2.05) is 0 Å². The molecule has 0 aliphatic rings. The molecule has 42 valence electrons. The Morgan fingerprint density at radius 3 is 2.43 bits per heavy atom. The molecule has 0 aromatic heterocycles. The van der Waals surface area contributed by atoms with Crippen molar-refractivity contribution in [3.05, 3.63) is 0 Å². The van der Waals surface area contributed by atoms with Crippen LogP contribution in [0, 0.1) is 0 Å². The summed E-state index contributed by atoms with van der Waals surface area (Å²) >= 11 is 5.28. The predicted molar refractivity (Wildman–Crippen MR) is 28.6 cm³/mol. The lowest BCUT2D eigenvalue weighted by molar-refractivity contribution is 0.441. The van der Waals surface area contributed by atoms with Crippen LogP contribution in [0.15, 0.2) is 0 Å².